The molecule has 8 heteroatoms. The van der Waals surface area contributed by atoms with E-state index in [1.54, 1.807) is 0 Å². The van der Waals surface area contributed by atoms with Gasteiger partial charge in [-0.25, -0.2) is 8.42 Å². The fourth-order valence-electron chi connectivity index (χ4n) is 1.03. The van der Waals surface area contributed by atoms with Gasteiger partial charge in [0.05, 0.1) is 4.90 Å². The number of alkyl halides is 3. The average molecular weight is 465 g/mol. The number of Topliss-reactive ketones (excluding diaryl/α,β-unsaturated/α-hetero) is 1. The molecule has 0 amide bonds. The fraction of sp³-hybridized carbons (Fsp3) is 0.300. The van der Waals surface area contributed by atoms with Crippen LogP contribution in [0.15, 0.2) is 29.2 Å². The Balaban J connectivity index is 2.93. The van der Waals surface area contributed by atoms with E-state index < -0.39 is 11.3 Å². The number of benzene rings is 1. The molecule has 0 unspecified atom stereocenters. The Morgan fingerprint density at radius 1 is 1.22 bits per heavy atom. The van der Waals surface area contributed by atoms with Crippen LogP contribution in [0.4, 0.5) is 0 Å². The van der Waals surface area contributed by atoms with Crippen molar-refractivity contribution in [1.82, 2.24) is 0 Å². The topological polar surface area (TPSA) is 60.4 Å². The highest BCUT2D eigenvalue weighted by molar-refractivity contribution is 9.42. The summed E-state index contributed by atoms with van der Waals surface area (Å²) < 4.78 is 27.7. The third kappa shape index (κ3) is 4.04. The number of ketones is 1. The zero-order valence-electron chi connectivity index (χ0n) is 9.19. The van der Waals surface area contributed by atoms with Crippen LogP contribution in [0.1, 0.15) is 6.92 Å². The molecule has 0 saturated heterocycles. The maximum Gasteiger partial charge on any atom is 0.239 e. The van der Waals surface area contributed by atoms with Crippen molar-refractivity contribution in [3.63, 3.8) is 0 Å². The molecule has 0 heterocycles. The highest BCUT2D eigenvalue weighted by atomic mass is 80.0. The predicted octanol–water partition coefficient (Wildman–Crippen LogP) is 3.22. The number of sulfone groups is 1. The number of ether oxygens (including phenoxy) is 1. The summed E-state index contributed by atoms with van der Waals surface area (Å²) in [7, 11) is -3.60. The van der Waals surface area contributed by atoms with E-state index in [0.717, 1.165) is 0 Å². The van der Waals surface area contributed by atoms with Gasteiger partial charge in [-0.15, -0.1) is 0 Å². The van der Waals surface area contributed by atoms with Gasteiger partial charge in [-0.2, -0.15) is 0 Å². The van der Waals surface area contributed by atoms with Gasteiger partial charge in [-0.1, -0.05) is 0 Å². The van der Waals surface area contributed by atoms with E-state index in [2.05, 4.69) is 47.8 Å². The van der Waals surface area contributed by atoms with Crippen LogP contribution in [0.5, 0.6) is 5.75 Å². The van der Waals surface area contributed by atoms with Crippen LogP contribution in [-0.2, 0) is 14.6 Å². The standard InChI is InChI=1S/C10H9Br3O4S/c1-7(14)6-17-8-2-4-9(5-3-8)18(15,16)10(11,12)13/h2-5H,6H2,1H3. The summed E-state index contributed by atoms with van der Waals surface area (Å²) in [5.74, 6) is 0.334. The lowest BCUT2D eigenvalue weighted by Crippen LogP contribution is -2.17. The number of halogens is 3. The summed E-state index contributed by atoms with van der Waals surface area (Å²) in [4.78, 5) is 10.8. The minimum absolute atomic E-state index is 0.0363. The molecule has 1 aromatic carbocycles. The van der Waals surface area contributed by atoms with Gasteiger partial charge in [0.25, 0.3) is 0 Å². The first kappa shape index (κ1) is 16.1. The molecule has 1 aromatic rings. The number of hydrogen-bond acceptors (Lipinski definition) is 4. The third-order valence-corrected chi connectivity index (χ3v) is 7.22. The Morgan fingerprint density at radius 2 is 1.72 bits per heavy atom. The molecule has 0 aliphatic heterocycles. The molecule has 0 aromatic heterocycles. The van der Waals surface area contributed by atoms with E-state index in [4.69, 9.17) is 4.74 Å². The van der Waals surface area contributed by atoms with Crippen LogP contribution < -0.4 is 4.74 Å². The minimum Gasteiger partial charge on any atom is -0.486 e. The van der Waals surface area contributed by atoms with Crippen molar-refractivity contribution in [2.45, 2.75) is 13.3 Å². The fourth-order valence-corrected chi connectivity index (χ4v) is 3.48. The highest BCUT2D eigenvalue weighted by Crippen LogP contribution is 2.43. The molecule has 0 atom stereocenters. The lowest BCUT2D eigenvalue weighted by molar-refractivity contribution is -0.118. The zero-order chi connectivity index (χ0) is 14.0. The summed E-state index contributed by atoms with van der Waals surface area (Å²) in [5, 5.41) is 0. The summed E-state index contributed by atoms with van der Waals surface area (Å²) >= 11 is 8.92. The van der Waals surface area contributed by atoms with Gasteiger partial charge in [0.2, 0.25) is 11.3 Å². The van der Waals surface area contributed by atoms with Crippen molar-refractivity contribution in [2.75, 3.05) is 6.61 Å². The zero-order valence-corrected chi connectivity index (χ0v) is 14.8. The van der Waals surface area contributed by atoms with Crippen molar-refractivity contribution in [1.29, 1.82) is 0 Å². The van der Waals surface area contributed by atoms with Crippen LogP contribution in [0.25, 0.3) is 0 Å². The van der Waals surface area contributed by atoms with E-state index in [-0.39, 0.29) is 17.3 Å². The maximum atomic E-state index is 12.0. The van der Waals surface area contributed by atoms with Crippen LogP contribution in [0.3, 0.4) is 0 Å². The molecule has 0 aliphatic rings. The van der Waals surface area contributed by atoms with Gasteiger partial charge in [0, 0.05) is 0 Å². The largest absolute Gasteiger partial charge is 0.486 e. The van der Waals surface area contributed by atoms with Gasteiger partial charge in [0.1, 0.15) is 12.4 Å². The van der Waals surface area contributed by atoms with Gasteiger partial charge >= 0.3 is 0 Å². The normalized spacial score (nSPS) is 12.2. The van der Waals surface area contributed by atoms with Crippen molar-refractivity contribution >= 4 is 63.4 Å². The Morgan fingerprint density at radius 3 is 2.11 bits per heavy atom. The van der Waals surface area contributed by atoms with Crippen molar-refractivity contribution < 1.29 is 17.9 Å². The smallest absolute Gasteiger partial charge is 0.239 e. The first-order valence-corrected chi connectivity index (χ1v) is 8.54. The van der Waals surface area contributed by atoms with Crippen molar-refractivity contribution in [2.24, 2.45) is 0 Å². The molecular weight excluding hydrogens is 456 g/mol. The molecule has 0 fully saturated rings. The Labute approximate surface area is 130 Å². The Bertz CT molecular complexity index is 531. The number of rotatable bonds is 4. The van der Waals surface area contributed by atoms with E-state index in [9.17, 15) is 13.2 Å². The number of carbonyl (C=O) groups is 1. The van der Waals surface area contributed by atoms with Crippen LogP contribution >= 0.6 is 47.8 Å². The van der Waals surface area contributed by atoms with E-state index in [1.807, 2.05) is 0 Å². The third-order valence-electron chi connectivity index (χ3n) is 1.88. The first-order valence-electron chi connectivity index (χ1n) is 4.68. The van der Waals surface area contributed by atoms with Crippen LogP contribution in [-0.4, -0.2) is 22.3 Å². The molecule has 0 spiro atoms. The lowest BCUT2D eigenvalue weighted by atomic mass is 10.3. The summed E-state index contributed by atoms with van der Waals surface area (Å²) in [6.45, 7) is 1.37. The molecular formula is C10H9Br3O4S. The van der Waals surface area contributed by atoms with E-state index in [1.165, 1.54) is 31.2 Å². The molecule has 1 rings (SSSR count). The summed E-state index contributed by atoms with van der Waals surface area (Å²) in [6.07, 6.45) is 0. The van der Waals surface area contributed by atoms with E-state index in [0.29, 0.717) is 5.75 Å². The molecule has 18 heavy (non-hydrogen) atoms. The van der Waals surface area contributed by atoms with Gasteiger partial charge in [-0.05, 0) is 79.0 Å². The first-order chi connectivity index (χ1) is 8.14. The number of carbonyl (C=O) groups excluding carboxylic acids is 1. The minimum atomic E-state index is -3.60. The maximum absolute atomic E-state index is 12.0. The molecule has 0 radical (unpaired) electrons. The second-order valence-corrected chi connectivity index (χ2v) is 13.8. The van der Waals surface area contributed by atoms with E-state index >= 15 is 0 Å². The molecule has 0 N–H and O–H groups in total. The molecule has 100 valence electrons. The highest BCUT2D eigenvalue weighted by Gasteiger charge is 2.37. The predicted molar refractivity (Wildman–Crippen MR) is 79.3 cm³/mol. The van der Waals surface area contributed by atoms with Gasteiger partial charge < -0.3 is 4.74 Å². The SMILES string of the molecule is CC(=O)COc1ccc(S(=O)(=O)C(Br)(Br)Br)cc1. The van der Waals surface area contributed by atoms with Crippen LogP contribution in [0.2, 0.25) is 0 Å². The average Bonchev–Trinajstić information content (AvgIpc) is 2.25. The number of hydrogen-bond donors (Lipinski definition) is 0. The van der Waals surface area contributed by atoms with Crippen molar-refractivity contribution in [3.8, 4) is 5.75 Å². The Kier molecular flexibility index (Phi) is 5.40. The summed E-state index contributed by atoms with van der Waals surface area (Å²) in [5.41, 5.74) is 0. The Hall–Kier alpha value is 0.0800. The van der Waals surface area contributed by atoms with Gasteiger partial charge in [0.15, 0.2) is 5.78 Å². The summed E-state index contributed by atoms with van der Waals surface area (Å²) in [6, 6.07) is 5.80. The second kappa shape index (κ2) is 6.02. The molecule has 0 aliphatic carbocycles. The molecule has 0 bridgehead atoms. The molecule has 4 nitrogen and oxygen atoms in total. The quantitative estimate of drug-likeness (QED) is 0.642. The van der Waals surface area contributed by atoms with Gasteiger partial charge in [-0.3, -0.25) is 4.79 Å². The van der Waals surface area contributed by atoms with Crippen molar-refractivity contribution in [3.05, 3.63) is 24.3 Å². The monoisotopic (exact) mass is 462 g/mol. The van der Waals surface area contributed by atoms with Crippen LogP contribution in [0, 0.1) is 0 Å². The second-order valence-electron chi connectivity index (χ2n) is 3.41. The lowest BCUT2D eigenvalue weighted by Gasteiger charge is -2.13. The molecule has 0 saturated carbocycles.